The van der Waals surface area contributed by atoms with Gasteiger partial charge in [0.2, 0.25) is 0 Å². The van der Waals surface area contributed by atoms with Crippen LogP contribution >= 0.6 is 0 Å². The molecule has 282 valence electrons. The molecule has 3 aliphatic heterocycles. The number of phenolic OH excluding ortho intramolecular Hbond substituents is 1. The number of aromatic hydroxyl groups is 1. The van der Waals surface area contributed by atoms with E-state index in [0.717, 1.165) is 79.8 Å². The standard InChI is InChI=1S/C43H55N5O5/c1-2-9-35-26-44-40(50)41(51)47(35)28-36-14-8-22-45(36)23-21-39(34-18-17-32-12-6-7-13-33(32)25-34)48-29-37(24-30-15-19-38(49)20-16-30)46(42(52)43(48)53)27-31-10-4-3-5-11-31/h6-7,12-13,15-20,25,31,35-37,39,49H,2-5,8-11,14,21-24,26-29H2,1H3,(H,44,50)/t35-,36-,37+,39+/m0/s1. The van der Waals surface area contributed by atoms with Gasteiger partial charge in [0.25, 0.3) is 0 Å². The summed E-state index contributed by atoms with van der Waals surface area (Å²) < 4.78 is 0. The Hall–Kier alpha value is -4.44. The van der Waals surface area contributed by atoms with Crippen molar-refractivity contribution in [2.24, 2.45) is 5.92 Å². The molecule has 1 saturated carbocycles. The Labute approximate surface area is 313 Å². The second-order valence-electron chi connectivity index (χ2n) is 15.8. The number of carbonyl (C=O) groups excluding carboxylic acids is 4. The van der Waals surface area contributed by atoms with E-state index in [1.807, 2.05) is 34.1 Å². The molecule has 3 aromatic rings. The number of fused-ring (bicyclic) bond motifs is 1. The highest BCUT2D eigenvalue weighted by Gasteiger charge is 2.44. The number of piperazine rings is 2. The van der Waals surface area contributed by atoms with E-state index in [9.17, 15) is 24.3 Å². The Kier molecular flexibility index (Phi) is 11.6. The Morgan fingerprint density at radius 1 is 0.774 bits per heavy atom. The fourth-order valence-electron chi connectivity index (χ4n) is 9.39. The molecule has 0 spiro atoms. The van der Waals surface area contributed by atoms with Gasteiger partial charge in [-0.05, 0) is 97.5 Å². The van der Waals surface area contributed by atoms with Gasteiger partial charge >= 0.3 is 23.6 Å². The first-order valence-electron chi connectivity index (χ1n) is 20.0. The van der Waals surface area contributed by atoms with Crippen LogP contribution in [0.25, 0.3) is 10.8 Å². The summed E-state index contributed by atoms with van der Waals surface area (Å²) in [5.41, 5.74) is 2.03. The minimum atomic E-state index is -0.522. The summed E-state index contributed by atoms with van der Waals surface area (Å²) in [5, 5.41) is 15.0. The summed E-state index contributed by atoms with van der Waals surface area (Å²) in [5.74, 6) is -1.22. The predicted molar refractivity (Wildman–Crippen MR) is 205 cm³/mol. The van der Waals surface area contributed by atoms with E-state index in [1.165, 1.54) is 6.42 Å². The largest absolute Gasteiger partial charge is 0.508 e. The first-order chi connectivity index (χ1) is 25.8. The van der Waals surface area contributed by atoms with Crippen LogP contribution in [-0.2, 0) is 25.6 Å². The molecule has 3 heterocycles. The number of hydrogen-bond acceptors (Lipinski definition) is 6. The zero-order valence-corrected chi connectivity index (χ0v) is 31.1. The van der Waals surface area contributed by atoms with Crippen molar-refractivity contribution < 1.29 is 24.3 Å². The zero-order chi connectivity index (χ0) is 36.9. The highest BCUT2D eigenvalue weighted by molar-refractivity contribution is 6.36. The lowest BCUT2D eigenvalue weighted by Gasteiger charge is -2.45. The predicted octanol–water partition coefficient (Wildman–Crippen LogP) is 5.43. The van der Waals surface area contributed by atoms with Gasteiger partial charge in [0, 0.05) is 44.8 Å². The third-order valence-electron chi connectivity index (χ3n) is 12.3. The van der Waals surface area contributed by atoms with Crippen LogP contribution < -0.4 is 5.32 Å². The van der Waals surface area contributed by atoms with Gasteiger partial charge in [-0.25, -0.2) is 0 Å². The summed E-state index contributed by atoms with van der Waals surface area (Å²) in [6, 6.07) is 21.4. The van der Waals surface area contributed by atoms with Gasteiger partial charge in [-0.3, -0.25) is 24.1 Å². The van der Waals surface area contributed by atoms with Crippen molar-refractivity contribution in [1.82, 2.24) is 24.9 Å². The number of phenols is 1. The van der Waals surface area contributed by atoms with E-state index < -0.39 is 23.6 Å². The summed E-state index contributed by atoms with van der Waals surface area (Å²) in [6.45, 7) is 5.71. The second kappa shape index (κ2) is 16.7. The summed E-state index contributed by atoms with van der Waals surface area (Å²) in [4.78, 5) is 62.1. The number of benzene rings is 3. The number of rotatable bonds is 13. The van der Waals surface area contributed by atoms with Gasteiger partial charge in [0.1, 0.15) is 5.75 Å². The fourth-order valence-corrected chi connectivity index (χ4v) is 9.39. The van der Waals surface area contributed by atoms with Crippen molar-refractivity contribution >= 4 is 34.4 Å². The van der Waals surface area contributed by atoms with E-state index in [2.05, 4.69) is 47.5 Å². The van der Waals surface area contributed by atoms with Crippen LogP contribution in [0.2, 0.25) is 0 Å². The molecule has 53 heavy (non-hydrogen) atoms. The molecule has 3 saturated heterocycles. The molecule has 0 bridgehead atoms. The Morgan fingerprint density at radius 2 is 1.53 bits per heavy atom. The minimum absolute atomic E-state index is 0.00273. The molecular formula is C43H55N5O5. The minimum Gasteiger partial charge on any atom is -0.508 e. The molecule has 4 fully saturated rings. The van der Waals surface area contributed by atoms with Crippen LogP contribution in [0.3, 0.4) is 0 Å². The van der Waals surface area contributed by atoms with Crippen molar-refractivity contribution in [2.75, 3.05) is 39.3 Å². The third kappa shape index (κ3) is 8.38. The third-order valence-corrected chi connectivity index (χ3v) is 12.3. The van der Waals surface area contributed by atoms with Gasteiger partial charge < -0.3 is 25.1 Å². The maximum atomic E-state index is 14.4. The maximum absolute atomic E-state index is 14.4. The molecule has 10 nitrogen and oxygen atoms in total. The summed E-state index contributed by atoms with van der Waals surface area (Å²) >= 11 is 0. The summed E-state index contributed by atoms with van der Waals surface area (Å²) in [6.07, 6.45) is 10.7. The van der Waals surface area contributed by atoms with Crippen molar-refractivity contribution in [3.8, 4) is 5.75 Å². The van der Waals surface area contributed by atoms with Crippen molar-refractivity contribution in [3.05, 3.63) is 77.9 Å². The lowest BCUT2D eigenvalue weighted by molar-refractivity contribution is -0.162. The number of nitrogens with one attached hydrogen (secondary N) is 1. The molecule has 4 aliphatic rings. The number of carbonyl (C=O) groups is 4. The first kappa shape index (κ1) is 36.9. The van der Waals surface area contributed by atoms with Gasteiger partial charge in [0.05, 0.1) is 12.1 Å². The average Bonchev–Trinajstić information content (AvgIpc) is 3.62. The zero-order valence-electron chi connectivity index (χ0n) is 31.1. The van der Waals surface area contributed by atoms with E-state index in [4.69, 9.17) is 0 Å². The SMILES string of the molecule is CCC[C@H]1CNC(=O)C(=O)N1C[C@@H]1CCCN1CC[C@H](c1ccc2ccccc2c1)N1C[C@@H](Cc2ccc(O)cc2)N(CC2CCCCC2)C(=O)C1=O. The highest BCUT2D eigenvalue weighted by atomic mass is 16.3. The topological polar surface area (TPSA) is 114 Å². The van der Waals surface area contributed by atoms with Crippen molar-refractivity contribution in [1.29, 1.82) is 0 Å². The summed E-state index contributed by atoms with van der Waals surface area (Å²) in [7, 11) is 0. The fraction of sp³-hybridized carbons (Fsp3) is 0.535. The lowest BCUT2D eigenvalue weighted by Crippen LogP contribution is -2.62. The molecule has 4 amide bonds. The molecule has 0 aromatic heterocycles. The first-order valence-corrected chi connectivity index (χ1v) is 20.0. The van der Waals surface area contributed by atoms with Crippen molar-refractivity contribution in [2.45, 2.75) is 102 Å². The highest BCUT2D eigenvalue weighted by Crippen LogP contribution is 2.34. The van der Waals surface area contributed by atoms with E-state index in [-0.39, 0.29) is 29.9 Å². The number of nitrogens with zero attached hydrogens (tertiary/aromatic N) is 4. The van der Waals surface area contributed by atoms with Gasteiger partial charge in [-0.15, -0.1) is 0 Å². The average molecular weight is 722 g/mol. The molecule has 2 N–H and O–H groups in total. The Morgan fingerprint density at radius 3 is 2.30 bits per heavy atom. The maximum Gasteiger partial charge on any atom is 0.312 e. The Balaban J connectivity index is 1.16. The number of amides is 4. The van der Waals surface area contributed by atoms with E-state index >= 15 is 0 Å². The van der Waals surface area contributed by atoms with E-state index in [0.29, 0.717) is 51.5 Å². The van der Waals surface area contributed by atoms with Gasteiger partial charge in [-0.1, -0.05) is 81.1 Å². The van der Waals surface area contributed by atoms with Crippen LogP contribution in [0.4, 0.5) is 0 Å². The van der Waals surface area contributed by atoms with Gasteiger partial charge in [-0.2, -0.15) is 0 Å². The molecule has 0 unspecified atom stereocenters. The molecule has 3 aromatic carbocycles. The molecule has 4 atom stereocenters. The van der Waals surface area contributed by atoms with E-state index in [1.54, 1.807) is 17.0 Å². The van der Waals surface area contributed by atoms with Crippen LogP contribution in [0.5, 0.6) is 5.75 Å². The van der Waals surface area contributed by atoms with Crippen LogP contribution in [-0.4, -0.2) is 106 Å². The molecule has 10 heteroatoms. The number of hydrogen-bond donors (Lipinski definition) is 2. The lowest BCUT2D eigenvalue weighted by atomic mass is 9.87. The number of likely N-dealkylation sites (tertiary alicyclic amines) is 1. The smallest absolute Gasteiger partial charge is 0.312 e. The monoisotopic (exact) mass is 721 g/mol. The van der Waals surface area contributed by atoms with Crippen LogP contribution in [0.1, 0.15) is 88.3 Å². The van der Waals surface area contributed by atoms with Gasteiger partial charge in [0.15, 0.2) is 0 Å². The van der Waals surface area contributed by atoms with Crippen molar-refractivity contribution in [3.63, 3.8) is 0 Å². The van der Waals surface area contributed by atoms with Crippen LogP contribution in [0.15, 0.2) is 66.7 Å². The normalized spacial score (nSPS) is 23.9. The molecule has 1 aliphatic carbocycles. The molecule has 7 rings (SSSR count). The second-order valence-corrected chi connectivity index (χ2v) is 15.8. The quantitative estimate of drug-likeness (QED) is 0.228. The molecule has 0 radical (unpaired) electrons. The van der Waals surface area contributed by atoms with Crippen LogP contribution in [0, 0.1) is 5.92 Å². The Bertz CT molecular complexity index is 1770. The molecular weight excluding hydrogens is 667 g/mol.